The Kier molecular flexibility index (Phi) is 9.44. The van der Waals surface area contributed by atoms with Gasteiger partial charge in [-0.15, -0.1) is 0 Å². The number of anilines is 1. The number of carbonyl (C=O) groups excluding carboxylic acids is 3. The molecule has 0 saturated carbocycles. The van der Waals surface area contributed by atoms with Crippen LogP contribution in [-0.2, 0) is 37.6 Å². The van der Waals surface area contributed by atoms with Gasteiger partial charge in [0, 0.05) is 24.9 Å². The summed E-state index contributed by atoms with van der Waals surface area (Å²) in [4.78, 5) is 43.3. The minimum atomic E-state index is -1.13. The first-order valence-electron chi connectivity index (χ1n) is 14.2. The summed E-state index contributed by atoms with van der Waals surface area (Å²) in [5.74, 6) is -1.09. The molecule has 0 N–H and O–H groups in total. The van der Waals surface area contributed by atoms with E-state index in [9.17, 15) is 14.4 Å². The molecule has 0 aliphatic carbocycles. The molecule has 4 aromatic rings. The highest BCUT2D eigenvalue weighted by Crippen LogP contribution is 2.46. The highest BCUT2D eigenvalue weighted by molar-refractivity contribution is 6.10. The quantitative estimate of drug-likeness (QED) is 0.119. The molecule has 218 valence electrons. The molecule has 0 saturated heterocycles. The third kappa shape index (κ3) is 6.90. The van der Waals surface area contributed by atoms with Crippen molar-refractivity contribution in [3.63, 3.8) is 0 Å². The number of carbonyl (C=O) groups is 3. The Bertz CT molecular complexity index is 1570. The number of fused-ring (bicyclic) bond motifs is 1. The fourth-order valence-corrected chi connectivity index (χ4v) is 5.41. The second-order valence-corrected chi connectivity index (χ2v) is 10.4. The molecule has 0 bridgehead atoms. The van der Waals surface area contributed by atoms with Crippen LogP contribution >= 0.6 is 0 Å². The van der Waals surface area contributed by atoms with E-state index in [1.807, 2.05) is 95.9 Å². The Morgan fingerprint density at radius 2 is 1.42 bits per heavy atom. The van der Waals surface area contributed by atoms with E-state index < -0.39 is 17.4 Å². The normalized spacial score (nSPS) is 16.0. The summed E-state index contributed by atoms with van der Waals surface area (Å²) in [7, 11) is 1.31. The molecule has 7 nitrogen and oxygen atoms in total. The number of hydrogen-bond acceptors (Lipinski definition) is 6. The van der Waals surface area contributed by atoms with Crippen molar-refractivity contribution in [2.75, 3.05) is 25.3 Å². The van der Waals surface area contributed by atoms with Crippen molar-refractivity contribution in [3.05, 3.63) is 150 Å². The Morgan fingerprint density at radius 3 is 2.09 bits per heavy atom. The number of ether oxygens (including phenoxy) is 2. The molecule has 1 aliphatic heterocycles. The third-order valence-electron chi connectivity index (χ3n) is 7.65. The smallest absolute Gasteiger partial charge is 0.339 e. The Hall–Kier alpha value is -5.01. The van der Waals surface area contributed by atoms with E-state index in [0.717, 1.165) is 22.4 Å². The second-order valence-electron chi connectivity index (χ2n) is 10.4. The Balaban J connectivity index is 1.45. The predicted molar refractivity (Wildman–Crippen MR) is 165 cm³/mol. The van der Waals surface area contributed by atoms with E-state index in [0.29, 0.717) is 31.6 Å². The fourth-order valence-electron chi connectivity index (χ4n) is 5.41. The van der Waals surface area contributed by atoms with Gasteiger partial charge in [-0.3, -0.25) is 9.69 Å². The molecule has 7 heteroatoms. The molecule has 5 rings (SSSR count). The summed E-state index contributed by atoms with van der Waals surface area (Å²) >= 11 is 0. The Labute approximate surface area is 252 Å². The van der Waals surface area contributed by atoms with Crippen molar-refractivity contribution >= 4 is 23.5 Å². The number of methoxy groups -OCH3 is 1. The summed E-state index contributed by atoms with van der Waals surface area (Å²) in [5, 5.41) is 0. The summed E-state index contributed by atoms with van der Waals surface area (Å²) in [6, 6.07) is 36.3. The van der Waals surface area contributed by atoms with Gasteiger partial charge in [0.2, 0.25) is 5.91 Å². The number of nitrogens with zero attached hydrogens (tertiary/aromatic N) is 2. The van der Waals surface area contributed by atoms with Gasteiger partial charge >= 0.3 is 11.9 Å². The van der Waals surface area contributed by atoms with Crippen LogP contribution in [-0.4, -0.2) is 43.1 Å². The van der Waals surface area contributed by atoms with Crippen LogP contribution in [0.1, 0.15) is 33.5 Å². The van der Waals surface area contributed by atoms with Gasteiger partial charge in [-0.25, -0.2) is 9.59 Å². The zero-order chi connectivity index (χ0) is 30.1. The molecule has 0 fully saturated rings. The van der Waals surface area contributed by atoms with E-state index in [1.54, 1.807) is 35.2 Å². The zero-order valence-electron chi connectivity index (χ0n) is 24.1. The lowest BCUT2D eigenvalue weighted by molar-refractivity contribution is -0.134. The van der Waals surface area contributed by atoms with Crippen molar-refractivity contribution in [2.45, 2.75) is 24.9 Å². The van der Waals surface area contributed by atoms with Crippen LogP contribution in [0, 0.1) is 0 Å². The van der Waals surface area contributed by atoms with Crippen molar-refractivity contribution in [2.24, 2.45) is 0 Å². The van der Waals surface area contributed by atoms with Gasteiger partial charge in [0.25, 0.3) is 0 Å². The van der Waals surface area contributed by atoms with Gasteiger partial charge < -0.3 is 14.4 Å². The maximum absolute atomic E-state index is 14.4. The molecule has 1 unspecified atom stereocenters. The lowest BCUT2D eigenvalue weighted by atomic mass is 9.78. The molecule has 1 aliphatic rings. The van der Waals surface area contributed by atoms with E-state index in [1.165, 1.54) is 13.2 Å². The van der Waals surface area contributed by atoms with Crippen molar-refractivity contribution in [3.8, 4) is 0 Å². The van der Waals surface area contributed by atoms with Gasteiger partial charge in [0.05, 0.1) is 24.6 Å². The fraction of sp³-hybridized carbons (Fsp3) is 0.194. The van der Waals surface area contributed by atoms with Crippen molar-refractivity contribution in [1.29, 1.82) is 0 Å². The first kappa shape index (κ1) is 29.5. The van der Waals surface area contributed by atoms with Crippen LogP contribution in [0.5, 0.6) is 0 Å². The van der Waals surface area contributed by atoms with E-state index in [2.05, 4.69) is 0 Å². The highest BCUT2D eigenvalue weighted by Gasteiger charge is 2.49. The van der Waals surface area contributed by atoms with Gasteiger partial charge in [0.1, 0.15) is 6.73 Å². The standard InChI is InChI=1S/C36H34N2O5/c1-42-33(39)21-22-36(31-19-11-12-20-32(31)38(35(36)41)26-29-15-7-3-8-16-29)23-24-37(25-28-13-5-2-6-14-28)27-43-34(40)30-17-9-4-10-18-30/h2-22H,23-27H2,1H3/b22-21+. The molecule has 0 radical (unpaired) electrons. The third-order valence-corrected chi connectivity index (χ3v) is 7.65. The molecule has 1 atom stereocenters. The number of para-hydroxylation sites is 1. The monoisotopic (exact) mass is 574 g/mol. The molecule has 43 heavy (non-hydrogen) atoms. The van der Waals surface area contributed by atoms with E-state index >= 15 is 0 Å². The summed E-state index contributed by atoms with van der Waals surface area (Å²) < 4.78 is 10.6. The predicted octanol–water partition coefficient (Wildman–Crippen LogP) is 5.91. The number of amides is 1. The maximum Gasteiger partial charge on any atom is 0.339 e. The van der Waals surface area contributed by atoms with Crippen LogP contribution in [0.3, 0.4) is 0 Å². The number of esters is 2. The lowest BCUT2D eigenvalue weighted by Gasteiger charge is -2.30. The molecular weight excluding hydrogens is 540 g/mol. The van der Waals surface area contributed by atoms with Crippen LogP contribution in [0.2, 0.25) is 0 Å². The largest absolute Gasteiger partial charge is 0.466 e. The zero-order valence-corrected chi connectivity index (χ0v) is 24.1. The van der Waals surface area contributed by atoms with Gasteiger partial charge in [-0.05, 0) is 41.3 Å². The van der Waals surface area contributed by atoms with Crippen LogP contribution < -0.4 is 4.90 Å². The van der Waals surface area contributed by atoms with Crippen LogP contribution in [0.4, 0.5) is 5.69 Å². The van der Waals surface area contributed by atoms with E-state index in [-0.39, 0.29) is 12.6 Å². The highest BCUT2D eigenvalue weighted by atomic mass is 16.5. The summed E-state index contributed by atoms with van der Waals surface area (Å²) in [6.07, 6.45) is 3.34. The molecule has 1 heterocycles. The molecule has 1 amide bonds. The second kappa shape index (κ2) is 13.8. The molecular formula is C36H34N2O5. The van der Waals surface area contributed by atoms with Gasteiger partial charge in [0.15, 0.2) is 0 Å². The average molecular weight is 575 g/mol. The lowest BCUT2D eigenvalue weighted by Crippen LogP contribution is -2.42. The Morgan fingerprint density at radius 1 is 0.814 bits per heavy atom. The molecule has 0 aromatic heterocycles. The van der Waals surface area contributed by atoms with Crippen molar-refractivity contribution in [1.82, 2.24) is 4.90 Å². The average Bonchev–Trinajstić information content (AvgIpc) is 3.29. The molecule has 4 aromatic carbocycles. The number of benzene rings is 4. The van der Waals surface area contributed by atoms with Gasteiger partial charge in [-0.2, -0.15) is 0 Å². The minimum Gasteiger partial charge on any atom is -0.466 e. The first-order valence-corrected chi connectivity index (χ1v) is 14.2. The van der Waals surface area contributed by atoms with Crippen LogP contribution in [0.25, 0.3) is 0 Å². The van der Waals surface area contributed by atoms with Crippen LogP contribution in [0.15, 0.2) is 127 Å². The summed E-state index contributed by atoms with van der Waals surface area (Å²) in [6.45, 7) is 1.33. The SMILES string of the molecule is COC(=O)/C=C/C1(CCN(COC(=O)c2ccccc2)Cc2ccccc2)C(=O)N(Cc2ccccc2)c2ccccc21. The maximum atomic E-state index is 14.4. The van der Waals surface area contributed by atoms with Crippen molar-refractivity contribution < 1.29 is 23.9 Å². The first-order chi connectivity index (χ1) is 21.0. The number of rotatable bonds is 12. The topological polar surface area (TPSA) is 76.1 Å². The van der Waals surface area contributed by atoms with Gasteiger partial charge in [-0.1, -0.05) is 103 Å². The minimum absolute atomic E-state index is 0.0307. The summed E-state index contributed by atoms with van der Waals surface area (Å²) in [5.41, 5.74) is 3.00. The number of hydrogen-bond donors (Lipinski definition) is 0. The molecule has 0 spiro atoms. The van der Waals surface area contributed by atoms with E-state index in [4.69, 9.17) is 9.47 Å².